The molecule has 0 rings (SSSR count). The zero-order valence-corrected chi connectivity index (χ0v) is 16.0. The number of amides is 1. The maximum Gasteiger partial charge on any atom is 0.315 e. The van der Waals surface area contributed by atoms with Gasteiger partial charge in [-0.2, -0.15) is 5.06 Å². The van der Waals surface area contributed by atoms with E-state index in [-0.39, 0.29) is 12.2 Å². The summed E-state index contributed by atoms with van der Waals surface area (Å²) >= 11 is 0. The number of carbonyl (C=O) groups is 4. The monoisotopic (exact) mass is 392 g/mol. The van der Waals surface area contributed by atoms with Gasteiger partial charge in [-0.05, 0) is 27.7 Å². The van der Waals surface area contributed by atoms with Gasteiger partial charge in [-0.3, -0.25) is 24.1 Å². The first-order chi connectivity index (χ1) is 12.5. The van der Waals surface area contributed by atoms with Crippen LogP contribution in [-0.2, 0) is 33.4 Å². The van der Waals surface area contributed by atoms with Crippen LogP contribution in [0.3, 0.4) is 0 Å². The fourth-order valence-corrected chi connectivity index (χ4v) is 1.76. The first kappa shape index (κ1) is 24.9. The predicted molar refractivity (Wildman–Crippen MR) is 89.9 cm³/mol. The van der Waals surface area contributed by atoms with E-state index in [1.165, 1.54) is 0 Å². The lowest BCUT2D eigenvalue weighted by Gasteiger charge is -2.21. The van der Waals surface area contributed by atoms with Gasteiger partial charge >= 0.3 is 11.9 Å². The third-order valence-corrected chi connectivity index (χ3v) is 2.74. The normalized spacial score (nSPS) is 11.0. The number of ketones is 1. The maximum atomic E-state index is 11.8. The third kappa shape index (κ3) is 12.8. The largest absolute Gasteiger partial charge is 0.463 e. The summed E-state index contributed by atoms with van der Waals surface area (Å²) in [5, 5.41) is 19.2. The minimum atomic E-state index is -0.740. The molecule has 0 fully saturated rings. The van der Waals surface area contributed by atoms with Gasteiger partial charge in [0.15, 0.2) is 5.78 Å². The van der Waals surface area contributed by atoms with Crippen LogP contribution in [0.4, 0.5) is 0 Å². The molecule has 0 atom stereocenters. The number of rotatable bonds is 13. The highest BCUT2D eigenvalue weighted by molar-refractivity contribution is 5.96. The first-order valence-electron chi connectivity index (χ1n) is 8.36. The van der Waals surface area contributed by atoms with E-state index in [1.54, 1.807) is 27.7 Å². The van der Waals surface area contributed by atoms with E-state index in [4.69, 9.17) is 19.3 Å². The van der Waals surface area contributed by atoms with E-state index in [9.17, 15) is 24.4 Å². The van der Waals surface area contributed by atoms with Crippen LogP contribution in [-0.4, -0.2) is 82.9 Å². The van der Waals surface area contributed by atoms with Crippen molar-refractivity contribution in [1.29, 1.82) is 0 Å². The molecule has 0 spiro atoms. The molecule has 0 aliphatic heterocycles. The molecule has 0 radical (unpaired) electrons. The zero-order valence-electron chi connectivity index (χ0n) is 16.0. The van der Waals surface area contributed by atoms with Crippen LogP contribution in [0.1, 0.15) is 40.5 Å². The van der Waals surface area contributed by atoms with Crippen molar-refractivity contribution in [3.05, 3.63) is 0 Å². The molecule has 0 aliphatic carbocycles. The lowest BCUT2D eigenvalue weighted by molar-refractivity contribution is -0.184. The lowest BCUT2D eigenvalue weighted by Crippen LogP contribution is -2.38. The number of aliphatic hydroxyl groups is 1. The number of carbonyl (C=O) groups excluding carboxylic acids is 4. The second-order valence-electron chi connectivity index (χ2n) is 6.17. The van der Waals surface area contributed by atoms with Crippen molar-refractivity contribution in [2.75, 3.05) is 26.7 Å². The Morgan fingerprint density at radius 2 is 1.41 bits per heavy atom. The second kappa shape index (κ2) is 13.1. The number of hydrogen-bond acceptors (Lipinski definition) is 10. The van der Waals surface area contributed by atoms with Gasteiger partial charge < -0.3 is 24.5 Å². The van der Waals surface area contributed by atoms with Crippen molar-refractivity contribution < 1.29 is 43.7 Å². The zero-order chi connectivity index (χ0) is 21.0. The number of nitrogens with zero attached hydrogens (tertiary/aromatic N) is 2. The number of Topliss-reactive ketones (excluding diaryl/α,β-unsaturated/α-hetero) is 1. The summed E-state index contributed by atoms with van der Waals surface area (Å²) in [4.78, 5) is 47.0. The van der Waals surface area contributed by atoms with E-state index in [0.717, 1.165) is 4.90 Å². The van der Waals surface area contributed by atoms with E-state index in [1.807, 2.05) is 0 Å². The molecule has 2 N–H and O–H groups in total. The average molecular weight is 392 g/mol. The molecule has 0 saturated heterocycles. The van der Waals surface area contributed by atoms with E-state index in [2.05, 4.69) is 0 Å². The highest BCUT2D eigenvalue weighted by Crippen LogP contribution is 2.00. The second-order valence-corrected chi connectivity index (χ2v) is 6.17. The Bertz CT molecular complexity index is 508. The molecule has 0 unspecified atom stereocenters. The number of ether oxygens (including phenoxy) is 3. The molecule has 0 saturated carbocycles. The molecule has 0 aliphatic rings. The van der Waals surface area contributed by atoms with Crippen LogP contribution in [0.15, 0.2) is 0 Å². The summed E-state index contributed by atoms with van der Waals surface area (Å²) < 4.78 is 14.6. The summed E-state index contributed by atoms with van der Waals surface area (Å²) in [5.74, 6) is -2.75. The molecule has 11 heteroatoms. The summed E-state index contributed by atoms with van der Waals surface area (Å²) in [5.41, 5.74) is 0. The quantitative estimate of drug-likeness (QED) is 0.185. The van der Waals surface area contributed by atoms with Gasteiger partial charge in [-0.15, -0.1) is 0 Å². The molecule has 0 bridgehead atoms. The van der Waals surface area contributed by atoms with Gasteiger partial charge in [0, 0.05) is 0 Å². The summed E-state index contributed by atoms with van der Waals surface area (Å²) in [6, 6.07) is 0. The molecule has 0 heterocycles. The Balaban J connectivity index is 4.19. The molecule has 11 nitrogen and oxygen atoms in total. The third-order valence-electron chi connectivity index (χ3n) is 2.74. The fourth-order valence-electron chi connectivity index (χ4n) is 1.76. The Kier molecular flexibility index (Phi) is 12.1. The van der Waals surface area contributed by atoms with Gasteiger partial charge in [-0.25, -0.2) is 0 Å². The lowest BCUT2D eigenvalue weighted by atomic mass is 10.3. The van der Waals surface area contributed by atoms with Crippen molar-refractivity contribution in [3.8, 4) is 0 Å². The Labute approximate surface area is 157 Å². The smallest absolute Gasteiger partial charge is 0.315 e. The van der Waals surface area contributed by atoms with Crippen molar-refractivity contribution in [2.24, 2.45) is 0 Å². The van der Waals surface area contributed by atoms with Crippen LogP contribution in [0.2, 0.25) is 0 Å². The minimum Gasteiger partial charge on any atom is -0.463 e. The van der Waals surface area contributed by atoms with Gasteiger partial charge in [0.1, 0.15) is 33.0 Å². The van der Waals surface area contributed by atoms with E-state index >= 15 is 0 Å². The highest BCUT2D eigenvalue weighted by atomic mass is 16.6. The van der Waals surface area contributed by atoms with E-state index in [0.29, 0.717) is 5.06 Å². The van der Waals surface area contributed by atoms with Gasteiger partial charge in [-0.1, -0.05) is 0 Å². The van der Waals surface area contributed by atoms with Crippen molar-refractivity contribution >= 4 is 23.6 Å². The fraction of sp³-hybridized carbons (Fsp3) is 0.750. The van der Waals surface area contributed by atoms with Crippen LogP contribution >= 0.6 is 0 Å². The molecule has 0 aromatic heterocycles. The summed E-state index contributed by atoms with van der Waals surface area (Å²) in [6.07, 6.45) is -1.78. The molecule has 27 heavy (non-hydrogen) atoms. The molecule has 0 aromatic rings. The summed E-state index contributed by atoms with van der Waals surface area (Å²) in [7, 11) is 0. The first-order valence-corrected chi connectivity index (χ1v) is 8.36. The van der Waals surface area contributed by atoms with Crippen molar-refractivity contribution in [2.45, 2.75) is 52.7 Å². The number of esters is 2. The summed E-state index contributed by atoms with van der Waals surface area (Å²) in [6.45, 7) is 4.47. The predicted octanol–water partition coefficient (Wildman–Crippen LogP) is -0.360. The molecular formula is C16H28N2O9. The Morgan fingerprint density at radius 1 is 0.889 bits per heavy atom. The topological polar surface area (TPSA) is 143 Å². The number of hydroxylamine groups is 2. The molecule has 1 amide bonds. The van der Waals surface area contributed by atoms with Gasteiger partial charge in [0.25, 0.3) is 0 Å². The Hall–Kier alpha value is -2.08. The minimum absolute atomic E-state index is 0.348. The van der Waals surface area contributed by atoms with Crippen molar-refractivity contribution in [1.82, 2.24) is 9.96 Å². The Morgan fingerprint density at radius 3 is 1.89 bits per heavy atom. The van der Waals surface area contributed by atoms with Crippen LogP contribution in [0.5, 0.6) is 0 Å². The van der Waals surface area contributed by atoms with Crippen LogP contribution in [0, 0.1) is 0 Å². The van der Waals surface area contributed by atoms with Crippen LogP contribution in [0.25, 0.3) is 0 Å². The van der Waals surface area contributed by atoms with Crippen LogP contribution < -0.4 is 0 Å². The SMILES string of the molecule is CC(C)OC(=O)CC(=O)CN(O)COCN(CO)C(=O)CC(=O)OC(C)C. The van der Waals surface area contributed by atoms with Crippen molar-refractivity contribution in [3.63, 3.8) is 0 Å². The molecule has 0 aromatic carbocycles. The number of hydrogen-bond donors (Lipinski definition) is 2. The molecular weight excluding hydrogens is 364 g/mol. The molecule has 156 valence electrons. The van der Waals surface area contributed by atoms with Gasteiger partial charge in [0.05, 0.1) is 18.8 Å². The highest BCUT2D eigenvalue weighted by Gasteiger charge is 2.19. The average Bonchev–Trinajstić information content (AvgIpc) is 2.49. The maximum absolute atomic E-state index is 11.8. The standard InChI is InChI=1S/C16H28N2O9/c1-11(2)26-15(22)5-13(20)7-18(24)10-25-9-17(8-19)14(21)6-16(23)27-12(3)4/h11-12,19,24H,5-10H2,1-4H3. The van der Waals surface area contributed by atoms with E-state index < -0.39 is 63.2 Å². The number of aliphatic hydroxyl groups excluding tert-OH is 1. The van der Waals surface area contributed by atoms with Gasteiger partial charge in [0.2, 0.25) is 5.91 Å².